The standard InChI is InChI=1S/C17H28N2/c1-13-8-9-14(2)16(11-13)17-15(12-18-3)7-5-6-10-19(17)4/h8-9,11,15,17-18H,5-7,10,12H2,1-4H3. The van der Waals surface area contributed by atoms with Crippen LogP contribution < -0.4 is 5.32 Å². The highest BCUT2D eigenvalue weighted by Crippen LogP contribution is 2.35. The summed E-state index contributed by atoms with van der Waals surface area (Å²) in [5, 5.41) is 3.39. The fraction of sp³-hybridized carbons (Fsp3) is 0.647. The van der Waals surface area contributed by atoms with Gasteiger partial charge in [-0.05, 0) is 70.9 Å². The molecule has 0 aromatic heterocycles. The van der Waals surface area contributed by atoms with Crippen LogP contribution in [0.4, 0.5) is 0 Å². The van der Waals surface area contributed by atoms with E-state index in [1.54, 1.807) is 0 Å². The number of hydrogen-bond acceptors (Lipinski definition) is 2. The highest BCUT2D eigenvalue weighted by atomic mass is 15.1. The van der Waals surface area contributed by atoms with Gasteiger partial charge < -0.3 is 5.32 Å². The first-order valence-electron chi connectivity index (χ1n) is 7.55. The molecule has 2 rings (SSSR count). The molecule has 106 valence electrons. The molecule has 0 amide bonds. The van der Waals surface area contributed by atoms with E-state index in [4.69, 9.17) is 0 Å². The molecule has 0 saturated carbocycles. The molecule has 2 nitrogen and oxygen atoms in total. The molecule has 2 heteroatoms. The molecule has 1 heterocycles. The zero-order chi connectivity index (χ0) is 13.8. The van der Waals surface area contributed by atoms with Gasteiger partial charge in [-0.15, -0.1) is 0 Å². The van der Waals surface area contributed by atoms with Crippen LogP contribution in [0.1, 0.15) is 42.0 Å². The van der Waals surface area contributed by atoms with Crippen molar-refractivity contribution >= 4 is 0 Å². The normalized spacial score (nSPS) is 25.3. The molecular formula is C17H28N2. The van der Waals surface area contributed by atoms with Gasteiger partial charge in [-0.2, -0.15) is 0 Å². The van der Waals surface area contributed by atoms with E-state index < -0.39 is 0 Å². The van der Waals surface area contributed by atoms with Crippen molar-refractivity contribution in [3.05, 3.63) is 34.9 Å². The van der Waals surface area contributed by atoms with E-state index in [0.717, 1.165) is 12.5 Å². The van der Waals surface area contributed by atoms with E-state index in [1.807, 2.05) is 0 Å². The Hall–Kier alpha value is -0.860. The van der Waals surface area contributed by atoms with Crippen molar-refractivity contribution in [2.45, 2.75) is 39.2 Å². The maximum atomic E-state index is 3.39. The second-order valence-electron chi connectivity index (χ2n) is 6.10. The van der Waals surface area contributed by atoms with E-state index in [9.17, 15) is 0 Å². The molecule has 0 bridgehead atoms. The van der Waals surface area contributed by atoms with Crippen molar-refractivity contribution in [1.29, 1.82) is 0 Å². The minimum atomic E-state index is 0.565. The first-order chi connectivity index (χ1) is 9.13. The predicted molar refractivity (Wildman–Crippen MR) is 82.6 cm³/mol. The summed E-state index contributed by atoms with van der Waals surface area (Å²) in [6.07, 6.45) is 4.03. The molecule has 1 aliphatic rings. The summed E-state index contributed by atoms with van der Waals surface area (Å²) in [6.45, 7) is 6.79. The molecule has 1 aliphatic heterocycles. The van der Waals surface area contributed by atoms with Gasteiger partial charge in [0, 0.05) is 6.04 Å². The SMILES string of the molecule is CNCC1CCCCN(C)C1c1cc(C)ccc1C. The fourth-order valence-corrected chi connectivity index (χ4v) is 3.47. The van der Waals surface area contributed by atoms with Gasteiger partial charge in [0.05, 0.1) is 0 Å². The van der Waals surface area contributed by atoms with Crippen LogP contribution in [0.5, 0.6) is 0 Å². The van der Waals surface area contributed by atoms with Gasteiger partial charge in [0.25, 0.3) is 0 Å². The third-order valence-corrected chi connectivity index (χ3v) is 4.48. The third-order valence-electron chi connectivity index (χ3n) is 4.48. The average molecular weight is 260 g/mol. The summed E-state index contributed by atoms with van der Waals surface area (Å²) in [5.41, 5.74) is 4.34. The largest absolute Gasteiger partial charge is 0.319 e. The van der Waals surface area contributed by atoms with Gasteiger partial charge in [-0.3, -0.25) is 4.90 Å². The van der Waals surface area contributed by atoms with Crippen LogP contribution >= 0.6 is 0 Å². The van der Waals surface area contributed by atoms with E-state index in [-0.39, 0.29) is 0 Å². The monoisotopic (exact) mass is 260 g/mol. The molecular weight excluding hydrogens is 232 g/mol. The molecule has 1 fully saturated rings. The number of nitrogens with one attached hydrogen (secondary N) is 1. The van der Waals surface area contributed by atoms with Crippen molar-refractivity contribution in [3.63, 3.8) is 0 Å². The zero-order valence-corrected chi connectivity index (χ0v) is 12.9. The molecule has 1 saturated heterocycles. The summed E-state index contributed by atoms with van der Waals surface area (Å²) in [4.78, 5) is 2.57. The molecule has 1 N–H and O–H groups in total. The lowest BCUT2D eigenvalue weighted by Gasteiger charge is -2.34. The van der Waals surface area contributed by atoms with E-state index >= 15 is 0 Å². The van der Waals surface area contributed by atoms with Crippen LogP contribution in [-0.4, -0.2) is 32.1 Å². The highest BCUT2D eigenvalue weighted by molar-refractivity contribution is 5.33. The summed E-state index contributed by atoms with van der Waals surface area (Å²) >= 11 is 0. The first-order valence-corrected chi connectivity index (χ1v) is 7.55. The minimum absolute atomic E-state index is 0.565. The molecule has 0 spiro atoms. The van der Waals surface area contributed by atoms with Crippen LogP contribution in [-0.2, 0) is 0 Å². The summed E-state index contributed by atoms with van der Waals surface area (Å²) in [7, 11) is 4.37. The molecule has 0 aliphatic carbocycles. The first kappa shape index (κ1) is 14.5. The van der Waals surface area contributed by atoms with E-state index in [1.165, 1.54) is 42.5 Å². The second-order valence-corrected chi connectivity index (χ2v) is 6.10. The summed E-state index contributed by atoms with van der Waals surface area (Å²) in [6, 6.07) is 7.46. The summed E-state index contributed by atoms with van der Waals surface area (Å²) < 4.78 is 0. The van der Waals surface area contributed by atoms with Crippen LogP contribution in [0.15, 0.2) is 18.2 Å². The Kier molecular flexibility index (Phi) is 5.00. The molecule has 2 atom stereocenters. The number of aryl methyl sites for hydroxylation is 2. The molecule has 0 radical (unpaired) electrons. The molecule has 1 aromatic carbocycles. The minimum Gasteiger partial charge on any atom is -0.319 e. The van der Waals surface area contributed by atoms with Crippen LogP contribution in [0.3, 0.4) is 0 Å². The van der Waals surface area contributed by atoms with Crippen LogP contribution in [0.25, 0.3) is 0 Å². The van der Waals surface area contributed by atoms with E-state index in [0.29, 0.717) is 6.04 Å². The highest BCUT2D eigenvalue weighted by Gasteiger charge is 2.29. The van der Waals surface area contributed by atoms with Gasteiger partial charge >= 0.3 is 0 Å². The lowest BCUT2D eigenvalue weighted by molar-refractivity contribution is 0.190. The predicted octanol–water partition coefficient (Wildman–Crippen LogP) is 3.30. The summed E-state index contributed by atoms with van der Waals surface area (Å²) in [5.74, 6) is 0.720. The van der Waals surface area contributed by atoms with Gasteiger partial charge in [0.2, 0.25) is 0 Å². The van der Waals surface area contributed by atoms with Crippen LogP contribution in [0.2, 0.25) is 0 Å². The lowest BCUT2D eigenvalue weighted by Crippen LogP contribution is -2.34. The number of likely N-dealkylation sites (tertiary alicyclic amines) is 1. The van der Waals surface area contributed by atoms with Crippen molar-refractivity contribution in [3.8, 4) is 0 Å². The number of benzene rings is 1. The Morgan fingerprint density at radius 1 is 1.26 bits per heavy atom. The Morgan fingerprint density at radius 2 is 2.05 bits per heavy atom. The van der Waals surface area contributed by atoms with Gasteiger partial charge in [0.1, 0.15) is 0 Å². The lowest BCUT2D eigenvalue weighted by atomic mass is 9.86. The van der Waals surface area contributed by atoms with E-state index in [2.05, 4.69) is 56.4 Å². The Morgan fingerprint density at radius 3 is 2.79 bits per heavy atom. The topological polar surface area (TPSA) is 15.3 Å². The van der Waals surface area contributed by atoms with Gasteiger partial charge in [-0.1, -0.05) is 30.2 Å². The maximum absolute atomic E-state index is 3.39. The van der Waals surface area contributed by atoms with Crippen molar-refractivity contribution in [2.24, 2.45) is 5.92 Å². The smallest absolute Gasteiger partial charge is 0.0388 e. The van der Waals surface area contributed by atoms with Crippen LogP contribution in [0, 0.1) is 19.8 Å². The third kappa shape index (κ3) is 3.37. The maximum Gasteiger partial charge on any atom is 0.0388 e. The van der Waals surface area contributed by atoms with Crippen molar-refractivity contribution < 1.29 is 0 Å². The molecule has 19 heavy (non-hydrogen) atoms. The van der Waals surface area contributed by atoms with Gasteiger partial charge in [-0.25, -0.2) is 0 Å². The Balaban J connectivity index is 2.36. The number of hydrogen-bond donors (Lipinski definition) is 1. The zero-order valence-electron chi connectivity index (χ0n) is 12.9. The Labute approximate surface area is 118 Å². The quantitative estimate of drug-likeness (QED) is 0.897. The Bertz CT molecular complexity index is 414. The van der Waals surface area contributed by atoms with Crippen molar-refractivity contribution in [1.82, 2.24) is 10.2 Å². The fourth-order valence-electron chi connectivity index (χ4n) is 3.47. The number of nitrogens with zero attached hydrogens (tertiary/aromatic N) is 1. The van der Waals surface area contributed by atoms with Crippen molar-refractivity contribution in [2.75, 3.05) is 27.2 Å². The molecule has 2 unspecified atom stereocenters. The molecule has 1 aromatic rings. The number of rotatable bonds is 3. The average Bonchev–Trinajstić information content (AvgIpc) is 2.55. The van der Waals surface area contributed by atoms with Gasteiger partial charge in [0.15, 0.2) is 0 Å². The second kappa shape index (κ2) is 6.53.